The molecule has 0 amide bonds. The van der Waals surface area contributed by atoms with Crippen molar-refractivity contribution >= 4 is 5.97 Å². The fourth-order valence-electron chi connectivity index (χ4n) is 14.5. The van der Waals surface area contributed by atoms with Gasteiger partial charge >= 0.3 is 5.97 Å². The van der Waals surface area contributed by atoms with Crippen molar-refractivity contribution in [1.29, 1.82) is 0 Å². The Morgan fingerprint density at radius 3 is 2.12 bits per heavy atom. The highest BCUT2D eigenvalue weighted by molar-refractivity contribution is 5.65. The van der Waals surface area contributed by atoms with Gasteiger partial charge in [-0.15, -0.1) is 0 Å². The number of aliphatic hydroxyl groups excluding tert-OH is 8. The molecule has 27 atom stereocenters. The van der Waals surface area contributed by atoms with Gasteiger partial charge in [0.05, 0.1) is 24.9 Å². The van der Waals surface area contributed by atoms with Crippen molar-refractivity contribution in [3.63, 3.8) is 0 Å². The Labute approximate surface area is 392 Å². The summed E-state index contributed by atoms with van der Waals surface area (Å²) in [6.07, 6.45) is -13.3. The first-order chi connectivity index (χ1) is 31.7. The number of carbonyl (C=O) groups is 1. The summed E-state index contributed by atoms with van der Waals surface area (Å²) in [5, 5.41) is 87.0. The molecule has 382 valence electrons. The van der Waals surface area contributed by atoms with Crippen molar-refractivity contribution in [2.75, 3.05) is 20.3 Å². The fourth-order valence-corrected chi connectivity index (χ4v) is 14.5. The van der Waals surface area contributed by atoms with E-state index < -0.39 is 123 Å². The number of rotatable bonds is 10. The molecule has 9 aliphatic rings. The van der Waals surface area contributed by atoms with Crippen molar-refractivity contribution in [3.05, 3.63) is 11.6 Å². The molecule has 5 saturated heterocycles. The Morgan fingerprint density at radius 2 is 1.42 bits per heavy atom. The second-order valence-corrected chi connectivity index (χ2v) is 22.0. The molecule has 1 spiro atoms. The molecule has 67 heavy (non-hydrogen) atoms. The van der Waals surface area contributed by atoms with Crippen LogP contribution in [0.25, 0.3) is 0 Å². The van der Waals surface area contributed by atoms with Gasteiger partial charge in [-0.2, -0.15) is 0 Å². The van der Waals surface area contributed by atoms with E-state index in [-0.39, 0.29) is 29.1 Å². The number of carbonyl (C=O) groups excluding carboxylic acids is 1. The Morgan fingerprint density at radius 1 is 0.731 bits per heavy atom. The van der Waals surface area contributed by atoms with E-state index in [2.05, 4.69) is 33.8 Å². The summed E-state index contributed by atoms with van der Waals surface area (Å²) in [7, 11) is 1.72. The molecular weight excluding hydrogens is 881 g/mol. The molecule has 0 unspecified atom stereocenters. The van der Waals surface area contributed by atoms with Gasteiger partial charge in [0.15, 0.2) is 30.9 Å². The van der Waals surface area contributed by atoms with Crippen molar-refractivity contribution in [2.24, 2.45) is 46.3 Å². The zero-order valence-corrected chi connectivity index (χ0v) is 39.8. The minimum Gasteiger partial charge on any atom is -0.463 e. The van der Waals surface area contributed by atoms with Crippen LogP contribution in [0, 0.1) is 46.3 Å². The predicted molar refractivity (Wildman–Crippen MR) is 230 cm³/mol. The lowest BCUT2D eigenvalue weighted by Crippen LogP contribution is -2.67. The van der Waals surface area contributed by atoms with E-state index in [1.807, 2.05) is 0 Å². The van der Waals surface area contributed by atoms with Crippen LogP contribution in [0.1, 0.15) is 99.3 Å². The number of ether oxygens (including phenoxy) is 10. The van der Waals surface area contributed by atoms with E-state index in [4.69, 9.17) is 47.4 Å². The van der Waals surface area contributed by atoms with Gasteiger partial charge in [0.1, 0.15) is 73.8 Å². The molecule has 8 fully saturated rings. The normalized spacial score (nSPS) is 55.2. The number of hydrogen-bond acceptors (Lipinski definition) is 19. The number of allylic oxidation sites excluding steroid dienone is 1. The molecule has 0 aromatic carbocycles. The third-order valence-electron chi connectivity index (χ3n) is 18.3. The van der Waals surface area contributed by atoms with Gasteiger partial charge in [0.2, 0.25) is 0 Å². The van der Waals surface area contributed by atoms with Crippen LogP contribution in [0.15, 0.2) is 11.6 Å². The summed E-state index contributed by atoms with van der Waals surface area (Å²) in [6.45, 7) is 10.9. The van der Waals surface area contributed by atoms with Crippen LogP contribution in [-0.2, 0) is 52.2 Å². The molecule has 8 N–H and O–H groups in total. The SMILES string of the molecule is CO[C@@H]1O[C@]2(CC[C@H]1C)O[C@H]1C[C@H]3[C@@H]4CC=C5C[C@@H](O[C@@H]6O[C@H](CO)[C@@H](O[C@@H]7O[C@H](COC(C)=O)[C@@H](O)[C@H](O)[C@H]7O)[C@H](O)[C@H]6O[C@@H]6O[C@@H](C)[C@H](O)[C@@H](O)[C@H]6O)CC[C@]5(C)[C@H]4CC[C@]3(C)[C@H]1[C@@H]2C. The van der Waals surface area contributed by atoms with Gasteiger partial charge in [-0.1, -0.05) is 39.3 Å². The number of hydrogen-bond donors (Lipinski definition) is 8. The van der Waals surface area contributed by atoms with Gasteiger partial charge in [-0.25, -0.2) is 0 Å². The largest absolute Gasteiger partial charge is 0.463 e. The summed E-state index contributed by atoms with van der Waals surface area (Å²) in [6, 6.07) is 0. The Kier molecular flexibility index (Phi) is 14.4. The van der Waals surface area contributed by atoms with E-state index in [0.29, 0.717) is 42.4 Å². The van der Waals surface area contributed by atoms with Crippen molar-refractivity contribution in [3.8, 4) is 0 Å². The molecule has 9 rings (SSSR count). The minimum absolute atomic E-state index is 0.0708. The molecule has 5 aliphatic heterocycles. The molecule has 19 heteroatoms. The van der Waals surface area contributed by atoms with Crippen LogP contribution in [0.4, 0.5) is 0 Å². The summed E-state index contributed by atoms with van der Waals surface area (Å²) in [5.41, 5.74) is 1.36. The smallest absolute Gasteiger partial charge is 0.302 e. The van der Waals surface area contributed by atoms with Gasteiger partial charge in [0, 0.05) is 32.3 Å². The van der Waals surface area contributed by atoms with E-state index in [1.54, 1.807) is 7.11 Å². The highest BCUT2D eigenvalue weighted by Crippen LogP contribution is 2.71. The fraction of sp³-hybridized carbons (Fsp3) is 0.938. The molecule has 0 aromatic rings. The monoisotopic (exact) mass is 956 g/mol. The van der Waals surface area contributed by atoms with E-state index in [1.165, 1.54) is 12.5 Å². The maximum absolute atomic E-state index is 12.1. The molecular formula is C48H76O19. The highest BCUT2D eigenvalue weighted by Gasteiger charge is 2.69. The Hall–Kier alpha value is -1.47. The minimum atomic E-state index is -1.86. The molecule has 0 radical (unpaired) electrons. The highest BCUT2D eigenvalue weighted by atomic mass is 16.8. The van der Waals surface area contributed by atoms with Crippen LogP contribution < -0.4 is 0 Å². The van der Waals surface area contributed by atoms with Crippen LogP contribution in [0.2, 0.25) is 0 Å². The van der Waals surface area contributed by atoms with Gasteiger partial charge < -0.3 is 88.2 Å². The number of aliphatic hydroxyl groups is 8. The first-order valence-corrected chi connectivity index (χ1v) is 24.8. The number of esters is 1. The molecule has 19 nitrogen and oxygen atoms in total. The van der Waals surface area contributed by atoms with Crippen molar-refractivity contribution in [1.82, 2.24) is 0 Å². The zero-order valence-electron chi connectivity index (χ0n) is 39.8. The van der Waals surface area contributed by atoms with Crippen LogP contribution in [0.3, 0.4) is 0 Å². The first kappa shape index (κ1) is 50.5. The summed E-state index contributed by atoms with van der Waals surface area (Å²) >= 11 is 0. The Bertz CT molecular complexity index is 1790. The third-order valence-corrected chi connectivity index (χ3v) is 18.3. The summed E-state index contributed by atoms with van der Waals surface area (Å²) < 4.78 is 61.2. The maximum Gasteiger partial charge on any atom is 0.302 e. The quantitative estimate of drug-likeness (QED) is 0.111. The predicted octanol–water partition coefficient (Wildman–Crippen LogP) is 0.757. The van der Waals surface area contributed by atoms with Gasteiger partial charge in [0.25, 0.3) is 0 Å². The standard InChI is InChI=1S/C48H76O19/c1-20-10-15-48(67-42(20)58-7)21(2)32-29(66-48)17-28-26-9-8-24-16-25(11-13-46(24,5)27(26)12-14-47(28,32)6)61-45-41(65-43-37(55)35(53)33(51)22(3)60-43)39(57)40(30(18-49)62-45)64-44-38(56)36(54)34(52)31(63-44)19-59-23(4)50/h8,20-22,25-45,49,51-57H,9-19H2,1-7H3/t20-,21+,22+,25+,26-,27+,28+,29+,30-,31-,32+,33+,34-,35-,36+,37-,38-,39+,40-,41-,42-,43+,44+,45-,46+,47+,48+/m1/s1. The number of methoxy groups -OCH3 is 1. The second kappa shape index (κ2) is 19.2. The third kappa shape index (κ3) is 8.68. The van der Waals surface area contributed by atoms with E-state index in [9.17, 15) is 45.6 Å². The average molecular weight is 957 g/mol. The lowest BCUT2D eigenvalue weighted by molar-refractivity contribution is -0.389. The average Bonchev–Trinajstić information content (AvgIpc) is 3.75. The second-order valence-electron chi connectivity index (χ2n) is 22.0. The van der Waals surface area contributed by atoms with Gasteiger partial charge in [-0.05, 0) is 92.8 Å². The van der Waals surface area contributed by atoms with Gasteiger partial charge in [-0.3, -0.25) is 4.79 Å². The summed E-state index contributed by atoms with van der Waals surface area (Å²) in [4.78, 5) is 11.5. The molecule has 0 bridgehead atoms. The van der Waals surface area contributed by atoms with Crippen LogP contribution in [0.5, 0.6) is 0 Å². The molecule has 0 aromatic heterocycles. The van der Waals surface area contributed by atoms with E-state index >= 15 is 0 Å². The lowest BCUT2D eigenvalue weighted by atomic mass is 9.47. The summed E-state index contributed by atoms with van der Waals surface area (Å²) in [5.74, 6) is 1.18. The molecule has 3 saturated carbocycles. The molecule has 5 heterocycles. The van der Waals surface area contributed by atoms with Crippen LogP contribution >= 0.6 is 0 Å². The van der Waals surface area contributed by atoms with Crippen molar-refractivity contribution in [2.45, 2.75) is 216 Å². The Balaban J connectivity index is 0.913. The molecule has 4 aliphatic carbocycles. The number of fused-ring (bicyclic) bond motifs is 7. The topological polar surface area (TPSA) is 271 Å². The maximum atomic E-state index is 12.1. The van der Waals surface area contributed by atoms with Crippen LogP contribution in [-0.4, -0.2) is 184 Å². The first-order valence-electron chi connectivity index (χ1n) is 24.8. The zero-order chi connectivity index (χ0) is 48.1. The van der Waals surface area contributed by atoms with E-state index in [0.717, 1.165) is 51.9 Å². The van der Waals surface area contributed by atoms with Crippen molar-refractivity contribution < 1.29 is 93.0 Å². The lowest BCUT2D eigenvalue weighted by Gasteiger charge is -2.59.